The number of benzene rings is 3. The molecule has 0 saturated heterocycles. The molecule has 8 nitrogen and oxygen atoms in total. The summed E-state index contributed by atoms with van der Waals surface area (Å²) in [5.41, 5.74) is 5.25. The molecule has 3 aromatic rings. The third-order valence-corrected chi connectivity index (χ3v) is 4.91. The van der Waals surface area contributed by atoms with E-state index in [0.29, 0.717) is 23.5 Å². The third-order valence-electron chi connectivity index (χ3n) is 4.91. The zero-order valence-electron chi connectivity index (χ0n) is 19.9. The monoisotopic (exact) mass is 472 g/mol. The van der Waals surface area contributed by atoms with E-state index in [1.807, 2.05) is 56.3 Å². The number of hydrogen-bond donors (Lipinski definition) is 3. The lowest BCUT2D eigenvalue weighted by atomic mass is 10.1. The van der Waals surface area contributed by atoms with Gasteiger partial charge in [-0.25, -0.2) is 5.43 Å². The van der Waals surface area contributed by atoms with Crippen molar-refractivity contribution in [3.63, 3.8) is 0 Å². The van der Waals surface area contributed by atoms with Crippen molar-refractivity contribution in [3.05, 3.63) is 95.2 Å². The number of carbonyl (C=O) groups is 2. The third kappa shape index (κ3) is 7.20. The molecule has 0 saturated carbocycles. The number of nitrogens with one attached hydrogen (secondary N) is 2. The standard InChI is InChI=1S/C27H28N4O4/c1-4-35-25-17-20(12-15-24(25)32)18-28-30-27(34)23(29-26(33)21-8-6-5-7-9-21)16-19-10-13-22(14-11-19)31(2)3/h5-18,32H,4H2,1-3H3,(H,29,33)(H,30,34)/b23-16-,28-18-. The maximum absolute atomic E-state index is 12.9. The van der Waals surface area contributed by atoms with Crippen LogP contribution in [0.25, 0.3) is 6.08 Å². The van der Waals surface area contributed by atoms with E-state index >= 15 is 0 Å². The molecule has 0 bridgehead atoms. The fourth-order valence-electron chi connectivity index (χ4n) is 3.09. The SMILES string of the molecule is CCOc1cc(/C=N\NC(=O)/C(=C/c2ccc(N(C)C)cc2)NC(=O)c2ccccc2)ccc1O. The molecule has 3 N–H and O–H groups in total. The Kier molecular flexibility index (Phi) is 8.61. The Morgan fingerprint density at radius 3 is 2.34 bits per heavy atom. The molecule has 0 fully saturated rings. The van der Waals surface area contributed by atoms with Crippen LogP contribution in [0.5, 0.6) is 11.5 Å². The van der Waals surface area contributed by atoms with E-state index in [1.165, 1.54) is 12.3 Å². The van der Waals surface area contributed by atoms with Gasteiger partial charge in [0.1, 0.15) is 5.70 Å². The number of phenols is 1. The Bertz CT molecular complexity index is 1220. The second-order valence-corrected chi connectivity index (χ2v) is 7.72. The van der Waals surface area contributed by atoms with Crippen LogP contribution in [0.15, 0.2) is 83.6 Å². The number of rotatable bonds is 9. The summed E-state index contributed by atoms with van der Waals surface area (Å²) in [6, 6.07) is 20.9. The number of anilines is 1. The molecule has 3 rings (SSSR count). The van der Waals surface area contributed by atoms with Gasteiger partial charge in [0.2, 0.25) is 0 Å². The predicted molar refractivity (Wildman–Crippen MR) is 138 cm³/mol. The van der Waals surface area contributed by atoms with Crippen molar-refractivity contribution in [1.82, 2.24) is 10.7 Å². The zero-order chi connectivity index (χ0) is 25.2. The topological polar surface area (TPSA) is 103 Å². The highest BCUT2D eigenvalue weighted by Crippen LogP contribution is 2.26. The highest BCUT2D eigenvalue weighted by atomic mass is 16.5. The smallest absolute Gasteiger partial charge is 0.287 e. The van der Waals surface area contributed by atoms with Crippen LogP contribution in [-0.4, -0.2) is 43.8 Å². The first kappa shape index (κ1) is 25.0. The molecule has 0 aromatic heterocycles. The largest absolute Gasteiger partial charge is 0.504 e. The van der Waals surface area contributed by atoms with E-state index in [1.54, 1.807) is 42.5 Å². The quantitative estimate of drug-likeness (QED) is 0.250. The molecule has 0 radical (unpaired) electrons. The van der Waals surface area contributed by atoms with Crippen molar-refractivity contribution in [2.24, 2.45) is 5.10 Å². The number of amides is 2. The second-order valence-electron chi connectivity index (χ2n) is 7.72. The summed E-state index contributed by atoms with van der Waals surface area (Å²) < 4.78 is 5.36. The van der Waals surface area contributed by atoms with Crippen LogP contribution in [0, 0.1) is 0 Å². The average molecular weight is 473 g/mol. The van der Waals surface area contributed by atoms with Crippen LogP contribution in [0.2, 0.25) is 0 Å². The normalized spacial score (nSPS) is 11.2. The highest BCUT2D eigenvalue weighted by Gasteiger charge is 2.14. The van der Waals surface area contributed by atoms with E-state index in [4.69, 9.17) is 4.74 Å². The summed E-state index contributed by atoms with van der Waals surface area (Å²) in [6.07, 6.45) is 3.00. The molecule has 0 unspecified atom stereocenters. The molecule has 0 spiro atoms. The van der Waals surface area contributed by atoms with Crippen LogP contribution in [0.3, 0.4) is 0 Å². The minimum Gasteiger partial charge on any atom is -0.504 e. The van der Waals surface area contributed by atoms with Crippen LogP contribution >= 0.6 is 0 Å². The van der Waals surface area contributed by atoms with E-state index in [9.17, 15) is 14.7 Å². The Labute approximate surface area is 204 Å². The number of hydrazone groups is 1. The van der Waals surface area contributed by atoms with Gasteiger partial charge in [-0.2, -0.15) is 5.10 Å². The molecule has 2 amide bonds. The molecule has 0 aliphatic carbocycles. The van der Waals surface area contributed by atoms with Crippen molar-refractivity contribution in [1.29, 1.82) is 0 Å². The average Bonchev–Trinajstić information content (AvgIpc) is 2.86. The van der Waals surface area contributed by atoms with Crippen LogP contribution < -0.4 is 20.4 Å². The number of aromatic hydroxyl groups is 1. The van der Waals surface area contributed by atoms with E-state index in [2.05, 4.69) is 15.8 Å². The molecule has 180 valence electrons. The lowest BCUT2D eigenvalue weighted by molar-refractivity contribution is -0.117. The summed E-state index contributed by atoms with van der Waals surface area (Å²) in [7, 11) is 3.88. The van der Waals surface area contributed by atoms with Gasteiger partial charge in [-0.05, 0) is 66.6 Å². The van der Waals surface area contributed by atoms with Crippen molar-refractivity contribution >= 4 is 29.8 Å². The van der Waals surface area contributed by atoms with Crippen molar-refractivity contribution in [3.8, 4) is 11.5 Å². The van der Waals surface area contributed by atoms with Gasteiger partial charge in [-0.3, -0.25) is 9.59 Å². The summed E-state index contributed by atoms with van der Waals surface area (Å²) in [5.74, 6) is -0.673. The van der Waals surface area contributed by atoms with Crippen LogP contribution in [0.4, 0.5) is 5.69 Å². The number of hydrogen-bond acceptors (Lipinski definition) is 6. The van der Waals surface area contributed by atoms with Gasteiger partial charge < -0.3 is 20.1 Å². The number of phenolic OH excluding ortho intramolecular Hbond substituents is 1. The van der Waals surface area contributed by atoms with E-state index in [-0.39, 0.29) is 11.4 Å². The lowest BCUT2D eigenvalue weighted by Gasteiger charge is -2.12. The first-order valence-electron chi connectivity index (χ1n) is 11.0. The second kappa shape index (κ2) is 12.0. The Hall–Kier alpha value is -4.59. The summed E-state index contributed by atoms with van der Waals surface area (Å²) in [5, 5.41) is 16.5. The number of ether oxygens (including phenoxy) is 1. The molecule has 0 aliphatic rings. The fourth-order valence-corrected chi connectivity index (χ4v) is 3.09. The van der Waals surface area contributed by atoms with Crippen molar-refractivity contribution in [2.75, 3.05) is 25.6 Å². The molecule has 3 aromatic carbocycles. The van der Waals surface area contributed by atoms with Crippen molar-refractivity contribution < 1.29 is 19.4 Å². The fraction of sp³-hybridized carbons (Fsp3) is 0.148. The number of carbonyl (C=O) groups excluding carboxylic acids is 2. The molecular formula is C27H28N4O4. The summed E-state index contributed by atoms with van der Waals surface area (Å²) in [6.45, 7) is 2.21. The molecule has 0 atom stereocenters. The predicted octanol–water partition coefficient (Wildman–Crippen LogP) is 3.78. The molecule has 8 heteroatoms. The minimum atomic E-state index is -0.592. The van der Waals surface area contributed by atoms with E-state index < -0.39 is 11.8 Å². The van der Waals surface area contributed by atoms with Crippen LogP contribution in [-0.2, 0) is 4.79 Å². The van der Waals surface area contributed by atoms with Crippen LogP contribution in [0.1, 0.15) is 28.4 Å². The number of nitrogens with zero attached hydrogens (tertiary/aromatic N) is 2. The van der Waals surface area contributed by atoms with E-state index in [0.717, 1.165) is 11.3 Å². The Morgan fingerprint density at radius 1 is 1.00 bits per heavy atom. The summed E-state index contributed by atoms with van der Waals surface area (Å²) >= 11 is 0. The first-order valence-corrected chi connectivity index (χ1v) is 11.0. The van der Waals surface area contributed by atoms with Gasteiger partial charge in [-0.15, -0.1) is 0 Å². The molecule has 0 heterocycles. The van der Waals surface area contributed by atoms with Crippen molar-refractivity contribution in [2.45, 2.75) is 6.92 Å². The van der Waals surface area contributed by atoms with Gasteiger partial charge >= 0.3 is 0 Å². The maximum Gasteiger partial charge on any atom is 0.287 e. The lowest BCUT2D eigenvalue weighted by Crippen LogP contribution is -2.32. The Balaban J connectivity index is 1.80. The Morgan fingerprint density at radius 2 is 1.69 bits per heavy atom. The van der Waals surface area contributed by atoms with Gasteiger partial charge in [-0.1, -0.05) is 30.3 Å². The van der Waals surface area contributed by atoms with Gasteiger partial charge in [0.25, 0.3) is 11.8 Å². The molecule has 35 heavy (non-hydrogen) atoms. The summed E-state index contributed by atoms with van der Waals surface area (Å²) in [4.78, 5) is 27.6. The van der Waals surface area contributed by atoms with Gasteiger partial charge in [0.05, 0.1) is 12.8 Å². The first-order chi connectivity index (χ1) is 16.9. The maximum atomic E-state index is 12.9. The van der Waals surface area contributed by atoms with Gasteiger partial charge in [0, 0.05) is 25.3 Å². The minimum absolute atomic E-state index is 0.0159. The molecular weight excluding hydrogens is 444 g/mol. The highest BCUT2D eigenvalue weighted by molar-refractivity contribution is 6.05. The molecule has 0 aliphatic heterocycles. The van der Waals surface area contributed by atoms with Gasteiger partial charge in [0.15, 0.2) is 11.5 Å². The zero-order valence-corrected chi connectivity index (χ0v) is 19.9.